The Bertz CT molecular complexity index is 571. The Hall–Kier alpha value is -2.45. The molecule has 0 saturated carbocycles. The maximum Gasteiger partial charge on any atom is 0.328 e. The Morgan fingerprint density at radius 3 is 2.86 bits per heavy atom. The van der Waals surface area contributed by atoms with E-state index in [2.05, 4.69) is 15.6 Å². The van der Waals surface area contributed by atoms with E-state index in [1.165, 1.54) is 29.8 Å². The average Bonchev–Trinajstić information content (AvgIpc) is 2.92. The number of methoxy groups -OCH3 is 1. The summed E-state index contributed by atoms with van der Waals surface area (Å²) < 4.78 is 6.08. The lowest BCUT2D eigenvalue weighted by Gasteiger charge is -2.33. The van der Waals surface area contributed by atoms with E-state index in [1.54, 1.807) is 0 Å². The summed E-state index contributed by atoms with van der Waals surface area (Å²) in [6, 6.07) is -0.537. The Labute approximate surface area is 127 Å². The first-order chi connectivity index (χ1) is 10.5. The van der Waals surface area contributed by atoms with Crippen LogP contribution < -0.4 is 5.32 Å². The van der Waals surface area contributed by atoms with Crippen LogP contribution in [0.1, 0.15) is 26.2 Å². The number of piperidine rings is 1. The van der Waals surface area contributed by atoms with E-state index in [9.17, 15) is 14.4 Å². The highest BCUT2D eigenvalue weighted by molar-refractivity contribution is 5.87. The lowest BCUT2D eigenvalue weighted by molar-refractivity contribution is -0.155. The number of ether oxygens (including phenoxy) is 1. The van der Waals surface area contributed by atoms with Crippen molar-refractivity contribution >= 4 is 23.6 Å². The van der Waals surface area contributed by atoms with E-state index < -0.39 is 12.0 Å². The van der Waals surface area contributed by atoms with Crippen molar-refractivity contribution in [3.63, 3.8) is 0 Å². The zero-order chi connectivity index (χ0) is 16.1. The molecule has 1 aromatic heterocycles. The van der Waals surface area contributed by atoms with Gasteiger partial charge in [0.25, 0.3) is 0 Å². The number of esters is 1. The lowest BCUT2D eigenvalue weighted by Crippen LogP contribution is -2.49. The van der Waals surface area contributed by atoms with Crippen molar-refractivity contribution in [3.8, 4) is 0 Å². The Balaban J connectivity index is 2.02. The van der Waals surface area contributed by atoms with E-state index in [0.29, 0.717) is 13.0 Å². The second-order valence-corrected chi connectivity index (χ2v) is 5.10. The SMILES string of the molecule is COC(=O)C1CCCCN1C(=O)Cn1cc(NC(C)=O)nn1. The third-order valence-electron chi connectivity index (χ3n) is 3.44. The van der Waals surface area contributed by atoms with Gasteiger partial charge in [-0.05, 0) is 19.3 Å². The maximum absolute atomic E-state index is 12.4. The Morgan fingerprint density at radius 2 is 2.18 bits per heavy atom. The van der Waals surface area contributed by atoms with E-state index in [0.717, 1.165) is 12.8 Å². The molecule has 1 N–H and O–H groups in total. The van der Waals surface area contributed by atoms with Crippen LogP contribution in [0.25, 0.3) is 0 Å². The molecule has 9 heteroatoms. The van der Waals surface area contributed by atoms with E-state index in [1.807, 2.05) is 0 Å². The van der Waals surface area contributed by atoms with Gasteiger partial charge in [-0.3, -0.25) is 9.59 Å². The molecule has 2 rings (SSSR count). The number of nitrogens with one attached hydrogen (secondary N) is 1. The smallest absolute Gasteiger partial charge is 0.328 e. The largest absolute Gasteiger partial charge is 0.467 e. The van der Waals surface area contributed by atoms with Gasteiger partial charge in [0.2, 0.25) is 11.8 Å². The van der Waals surface area contributed by atoms with Gasteiger partial charge >= 0.3 is 5.97 Å². The molecule has 2 heterocycles. The number of anilines is 1. The summed E-state index contributed by atoms with van der Waals surface area (Å²) in [5.41, 5.74) is 0. The number of amides is 2. The maximum atomic E-state index is 12.4. The molecule has 0 radical (unpaired) electrons. The first-order valence-corrected chi connectivity index (χ1v) is 7.06. The number of rotatable bonds is 4. The molecule has 1 fully saturated rings. The fourth-order valence-corrected chi connectivity index (χ4v) is 2.45. The molecule has 1 aromatic rings. The van der Waals surface area contributed by atoms with Crippen molar-refractivity contribution in [2.24, 2.45) is 0 Å². The lowest BCUT2D eigenvalue weighted by atomic mass is 10.0. The van der Waals surface area contributed by atoms with Crippen molar-refractivity contribution in [2.75, 3.05) is 19.0 Å². The minimum Gasteiger partial charge on any atom is -0.467 e. The second kappa shape index (κ2) is 7.01. The zero-order valence-electron chi connectivity index (χ0n) is 12.6. The van der Waals surface area contributed by atoms with Gasteiger partial charge < -0.3 is 15.0 Å². The van der Waals surface area contributed by atoms with E-state index in [4.69, 9.17) is 4.74 Å². The fourth-order valence-electron chi connectivity index (χ4n) is 2.45. The molecule has 120 valence electrons. The summed E-state index contributed by atoms with van der Waals surface area (Å²) >= 11 is 0. The van der Waals surface area contributed by atoms with Gasteiger partial charge in [-0.25, -0.2) is 9.48 Å². The monoisotopic (exact) mass is 309 g/mol. The zero-order valence-corrected chi connectivity index (χ0v) is 12.6. The minimum atomic E-state index is -0.537. The molecule has 2 amide bonds. The minimum absolute atomic E-state index is 0.0416. The van der Waals surface area contributed by atoms with Crippen molar-refractivity contribution in [1.82, 2.24) is 19.9 Å². The number of likely N-dealkylation sites (tertiary alicyclic amines) is 1. The van der Waals surface area contributed by atoms with Gasteiger partial charge in [0.05, 0.1) is 13.3 Å². The molecular formula is C13H19N5O4. The molecule has 9 nitrogen and oxygen atoms in total. The number of carbonyl (C=O) groups is 3. The second-order valence-electron chi connectivity index (χ2n) is 5.10. The summed E-state index contributed by atoms with van der Waals surface area (Å²) in [6.07, 6.45) is 3.82. The molecule has 0 aliphatic carbocycles. The summed E-state index contributed by atoms with van der Waals surface area (Å²) in [5, 5.41) is 10.0. The fraction of sp³-hybridized carbons (Fsp3) is 0.615. The van der Waals surface area contributed by atoms with Crippen LogP contribution in [-0.2, 0) is 25.7 Å². The van der Waals surface area contributed by atoms with Crippen molar-refractivity contribution in [1.29, 1.82) is 0 Å². The van der Waals surface area contributed by atoms with Crippen molar-refractivity contribution in [3.05, 3.63) is 6.20 Å². The first-order valence-electron chi connectivity index (χ1n) is 7.06. The van der Waals surface area contributed by atoms with Gasteiger partial charge in [-0.15, -0.1) is 5.10 Å². The summed E-state index contributed by atoms with van der Waals surface area (Å²) in [4.78, 5) is 36.6. The van der Waals surface area contributed by atoms with Gasteiger partial charge in [0.15, 0.2) is 5.82 Å². The predicted molar refractivity (Wildman–Crippen MR) is 75.7 cm³/mol. The van der Waals surface area contributed by atoms with Crippen LogP contribution in [0, 0.1) is 0 Å². The van der Waals surface area contributed by atoms with Crippen molar-refractivity contribution in [2.45, 2.75) is 38.8 Å². The number of nitrogens with zero attached hydrogens (tertiary/aromatic N) is 4. The number of carbonyl (C=O) groups excluding carboxylic acids is 3. The third-order valence-corrected chi connectivity index (χ3v) is 3.44. The van der Waals surface area contributed by atoms with Crippen LogP contribution in [0.15, 0.2) is 6.20 Å². The van der Waals surface area contributed by atoms with Gasteiger partial charge in [-0.2, -0.15) is 0 Å². The third kappa shape index (κ3) is 3.80. The normalized spacial score (nSPS) is 17.9. The highest BCUT2D eigenvalue weighted by Crippen LogP contribution is 2.18. The van der Waals surface area contributed by atoms with Crippen molar-refractivity contribution < 1.29 is 19.1 Å². The molecule has 0 spiro atoms. The molecular weight excluding hydrogens is 290 g/mol. The topological polar surface area (TPSA) is 106 Å². The van der Waals surface area contributed by atoms with E-state index in [-0.39, 0.29) is 24.2 Å². The van der Waals surface area contributed by atoms with Crippen LogP contribution >= 0.6 is 0 Å². The molecule has 1 unspecified atom stereocenters. The number of hydrogen-bond donors (Lipinski definition) is 1. The van der Waals surface area contributed by atoms with Gasteiger partial charge in [-0.1, -0.05) is 5.21 Å². The van der Waals surface area contributed by atoms with E-state index >= 15 is 0 Å². The number of aromatic nitrogens is 3. The molecule has 22 heavy (non-hydrogen) atoms. The molecule has 0 aromatic carbocycles. The summed E-state index contributed by atoms with van der Waals surface area (Å²) in [6.45, 7) is 1.84. The first kappa shape index (κ1) is 15.9. The molecule has 0 bridgehead atoms. The standard InChI is InChI=1S/C13H19N5O4/c1-9(19)14-11-7-17(16-15-11)8-12(20)18-6-4-3-5-10(18)13(21)22-2/h7,10H,3-6,8H2,1-2H3,(H,14,19). The Morgan fingerprint density at radius 1 is 1.41 bits per heavy atom. The quantitative estimate of drug-likeness (QED) is 0.771. The van der Waals surface area contributed by atoms with Gasteiger partial charge in [0, 0.05) is 13.5 Å². The molecule has 1 saturated heterocycles. The van der Waals surface area contributed by atoms with Crippen LogP contribution in [0.5, 0.6) is 0 Å². The molecule has 1 aliphatic heterocycles. The number of hydrogen-bond acceptors (Lipinski definition) is 6. The van der Waals surface area contributed by atoms with Crippen LogP contribution in [0.3, 0.4) is 0 Å². The highest BCUT2D eigenvalue weighted by atomic mass is 16.5. The average molecular weight is 309 g/mol. The molecule has 1 aliphatic rings. The summed E-state index contributed by atoms with van der Waals surface area (Å²) in [7, 11) is 1.32. The Kier molecular flexibility index (Phi) is 5.08. The van der Waals surface area contributed by atoms with Gasteiger partial charge in [0.1, 0.15) is 12.6 Å². The highest BCUT2D eigenvalue weighted by Gasteiger charge is 2.32. The predicted octanol–water partition coefficient (Wildman–Crippen LogP) is -0.209. The summed E-state index contributed by atoms with van der Waals surface area (Å²) in [5.74, 6) is -0.608. The molecule has 1 atom stereocenters. The van der Waals surface area contributed by atoms with Crippen LogP contribution in [0.2, 0.25) is 0 Å². The van der Waals surface area contributed by atoms with Crippen LogP contribution in [0.4, 0.5) is 5.82 Å². The van der Waals surface area contributed by atoms with Crippen LogP contribution in [-0.4, -0.2) is 57.4 Å².